The Morgan fingerprint density at radius 2 is 2.17 bits per heavy atom. The van der Waals surface area contributed by atoms with Crippen molar-refractivity contribution in [1.29, 1.82) is 0 Å². The van der Waals surface area contributed by atoms with Gasteiger partial charge in [0.25, 0.3) is 5.91 Å². The van der Waals surface area contributed by atoms with E-state index in [9.17, 15) is 4.79 Å². The molecule has 128 valence electrons. The number of hydrogen-bond donors (Lipinski definition) is 1. The van der Waals surface area contributed by atoms with Gasteiger partial charge in [0.15, 0.2) is 6.10 Å². The summed E-state index contributed by atoms with van der Waals surface area (Å²) in [5.74, 6) is -0.0817. The maximum absolute atomic E-state index is 12.6. The van der Waals surface area contributed by atoms with Crippen LogP contribution in [0.25, 0.3) is 0 Å². The molecule has 0 spiro atoms. The number of piperidine rings is 1. The van der Waals surface area contributed by atoms with Gasteiger partial charge in [-0.05, 0) is 18.4 Å². The van der Waals surface area contributed by atoms with Crippen molar-refractivity contribution in [1.82, 2.24) is 15.1 Å². The van der Waals surface area contributed by atoms with E-state index in [-0.39, 0.29) is 11.9 Å². The highest BCUT2D eigenvalue weighted by molar-refractivity contribution is 5.82. The first-order valence-corrected chi connectivity index (χ1v) is 8.29. The van der Waals surface area contributed by atoms with Gasteiger partial charge in [-0.15, -0.1) is 0 Å². The minimum absolute atomic E-state index is 0.0817. The van der Waals surface area contributed by atoms with Crippen molar-refractivity contribution in [2.24, 2.45) is 7.05 Å². The number of benzene rings is 1. The van der Waals surface area contributed by atoms with Crippen LogP contribution < -0.4 is 10.2 Å². The zero-order valence-corrected chi connectivity index (χ0v) is 14.2. The number of aromatic nitrogens is 2. The summed E-state index contributed by atoms with van der Waals surface area (Å²) in [6.07, 6.45) is 5.33. The fourth-order valence-electron chi connectivity index (χ4n) is 3.20. The molecule has 1 N–H and O–H groups in total. The van der Waals surface area contributed by atoms with E-state index in [0.717, 1.165) is 37.2 Å². The molecule has 1 aromatic carbocycles. The van der Waals surface area contributed by atoms with Gasteiger partial charge >= 0.3 is 0 Å². The van der Waals surface area contributed by atoms with Crippen LogP contribution in [-0.2, 0) is 16.6 Å². The lowest BCUT2D eigenvalue weighted by atomic mass is 10.0. The van der Waals surface area contributed by atoms with Gasteiger partial charge in [-0.1, -0.05) is 30.3 Å². The third-order valence-electron chi connectivity index (χ3n) is 4.40. The number of nitrogens with zero attached hydrogens (tertiary/aromatic N) is 3. The van der Waals surface area contributed by atoms with Crippen LogP contribution in [0.4, 0.5) is 5.69 Å². The predicted octanol–water partition coefficient (Wildman–Crippen LogP) is 1.89. The lowest BCUT2D eigenvalue weighted by Gasteiger charge is -2.34. The number of nitrogens with one attached hydrogen (secondary N) is 1. The lowest BCUT2D eigenvalue weighted by molar-refractivity contribution is -0.132. The van der Waals surface area contributed by atoms with Crippen LogP contribution in [0.2, 0.25) is 0 Å². The third kappa shape index (κ3) is 3.76. The minimum atomic E-state index is -0.569. The van der Waals surface area contributed by atoms with E-state index in [0.29, 0.717) is 0 Å². The van der Waals surface area contributed by atoms with Crippen molar-refractivity contribution in [3.8, 4) is 0 Å². The van der Waals surface area contributed by atoms with Gasteiger partial charge in [0.1, 0.15) is 0 Å². The number of carbonyl (C=O) groups excluding carboxylic acids is 1. The Morgan fingerprint density at radius 3 is 2.83 bits per heavy atom. The number of rotatable bonds is 5. The van der Waals surface area contributed by atoms with Gasteiger partial charge in [0.2, 0.25) is 0 Å². The van der Waals surface area contributed by atoms with Crippen molar-refractivity contribution < 1.29 is 9.53 Å². The highest BCUT2D eigenvalue weighted by Crippen LogP contribution is 2.21. The molecule has 24 heavy (non-hydrogen) atoms. The van der Waals surface area contributed by atoms with Gasteiger partial charge < -0.3 is 15.0 Å². The maximum atomic E-state index is 12.6. The standard InChI is InChI=1S/C18H24N4O2/c1-21-13-16(11-19-21)22-10-6-9-15(12-22)20-18(23)17(24-2)14-7-4-3-5-8-14/h3-5,7-8,11,13,15,17H,6,9-10,12H2,1-2H3,(H,20,23)/t15-,17-/m0/s1. The summed E-state index contributed by atoms with van der Waals surface area (Å²) in [5.41, 5.74) is 1.97. The number of carbonyl (C=O) groups is 1. The molecule has 1 fully saturated rings. The molecular weight excluding hydrogens is 304 g/mol. The predicted molar refractivity (Wildman–Crippen MR) is 92.8 cm³/mol. The summed E-state index contributed by atoms with van der Waals surface area (Å²) in [6.45, 7) is 1.78. The van der Waals surface area contributed by atoms with E-state index in [1.165, 1.54) is 0 Å². The van der Waals surface area contributed by atoms with E-state index in [1.54, 1.807) is 11.8 Å². The summed E-state index contributed by atoms with van der Waals surface area (Å²) >= 11 is 0. The van der Waals surface area contributed by atoms with Crippen molar-refractivity contribution in [2.75, 3.05) is 25.1 Å². The molecule has 0 aliphatic carbocycles. The van der Waals surface area contributed by atoms with E-state index < -0.39 is 6.10 Å². The van der Waals surface area contributed by atoms with E-state index in [2.05, 4.69) is 15.3 Å². The molecule has 6 nitrogen and oxygen atoms in total. The smallest absolute Gasteiger partial charge is 0.254 e. The van der Waals surface area contributed by atoms with Crippen LogP contribution in [0.1, 0.15) is 24.5 Å². The second kappa shape index (κ2) is 7.49. The molecule has 1 amide bonds. The van der Waals surface area contributed by atoms with Crippen molar-refractivity contribution in [3.05, 3.63) is 48.3 Å². The minimum Gasteiger partial charge on any atom is -0.367 e. The molecule has 6 heteroatoms. The average Bonchev–Trinajstić information content (AvgIpc) is 3.03. The molecule has 1 aromatic heterocycles. The second-order valence-electron chi connectivity index (χ2n) is 6.19. The van der Waals surface area contributed by atoms with Gasteiger partial charge in [-0.2, -0.15) is 5.10 Å². The van der Waals surface area contributed by atoms with Gasteiger partial charge in [-0.3, -0.25) is 9.48 Å². The number of aryl methyl sites for hydroxylation is 1. The Labute approximate surface area is 142 Å². The number of anilines is 1. The zero-order valence-electron chi connectivity index (χ0n) is 14.2. The fourth-order valence-corrected chi connectivity index (χ4v) is 3.20. The van der Waals surface area contributed by atoms with Gasteiger partial charge in [0.05, 0.1) is 11.9 Å². The van der Waals surface area contributed by atoms with Crippen molar-refractivity contribution >= 4 is 11.6 Å². The molecule has 1 aliphatic heterocycles. The van der Waals surface area contributed by atoms with E-state index in [1.807, 2.05) is 49.8 Å². The third-order valence-corrected chi connectivity index (χ3v) is 4.40. The molecule has 2 atom stereocenters. The van der Waals surface area contributed by atoms with Gasteiger partial charge in [-0.25, -0.2) is 0 Å². The Morgan fingerprint density at radius 1 is 1.38 bits per heavy atom. The summed E-state index contributed by atoms with van der Waals surface area (Å²) in [7, 11) is 3.48. The topological polar surface area (TPSA) is 59.4 Å². The molecule has 3 rings (SSSR count). The molecule has 1 saturated heterocycles. The second-order valence-corrected chi connectivity index (χ2v) is 6.19. The monoisotopic (exact) mass is 328 g/mol. The summed E-state index contributed by atoms with van der Waals surface area (Å²) in [5, 5.41) is 7.37. The van der Waals surface area contributed by atoms with Crippen molar-refractivity contribution in [2.45, 2.75) is 25.0 Å². The Balaban J connectivity index is 1.63. The quantitative estimate of drug-likeness (QED) is 0.911. The van der Waals surface area contributed by atoms with E-state index in [4.69, 9.17) is 4.74 Å². The highest BCUT2D eigenvalue weighted by atomic mass is 16.5. The number of methoxy groups -OCH3 is 1. The van der Waals surface area contributed by atoms with Crippen LogP contribution in [0.15, 0.2) is 42.7 Å². The Hall–Kier alpha value is -2.34. The number of ether oxygens (including phenoxy) is 1. The molecule has 0 bridgehead atoms. The van der Waals surface area contributed by atoms with Crippen molar-refractivity contribution in [3.63, 3.8) is 0 Å². The molecule has 2 heterocycles. The molecule has 0 radical (unpaired) electrons. The molecule has 0 saturated carbocycles. The zero-order chi connectivity index (χ0) is 16.9. The average molecular weight is 328 g/mol. The first-order valence-electron chi connectivity index (χ1n) is 8.29. The first-order chi connectivity index (χ1) is 11.7. The van der Waals surface area contributed by atoms with E-state index >= 15 is 0 Å². The van der Waals surface area contributed by atoms with Gasteiger partial charge in [0, 0.05) is 39.5 Å². The molecule has 0 unspecified atom stereocenters. The lowest BCUT2D eigenvalue weighted by Crippen LogP contribution is -2.49. The number of amides is 1. The van der Waals surface area contributed by atoms with Crippen LogP contribution in [0.5, 0.6) is 0 Å². The summed E-state index contributed by atoms with van der Waals surface area (Å²) in [4.78, 5) is 14.9. The fraction of sp³-hybridized carbons (Fsp3) is 0.444. The highest BCUT2D eigenvalue weighted by Gasteiger charge is 2.26. The van der Waals surface area contributed by atoms with Crippen LogP contribution in [0.3, 0.4) is 0 Å². The summed E-state index contributed by atoms with van der Waals surface area (Å²) < 4.78 is 7.22. The Bertz CT molecular complexity index is 671. The van der Waals surface area contributed by atoms with Crippen LogP contribution >= 0.6 is 0 Å². The Kier molecular flexibility index (Phi) is 5.15. The summed E-state index contributed by atoms with van der Waals surface area (Å²) in [6, 6.07) is 9.71. The maximum Gasteiger partial charge on any atom is 0.254 e. The molecule has 1 aliphatic rings. The molecular formula is C18H24N4O2. The largest absolute Gasteiger partial charge is 0.367 e. The number of hydrogen-bond acceptors (Lipinski definition) is 4. The normalized spacial score (nSPS) is 19.1. The van der Waals surface area contributed by atoms with Crippen LogP contribution in [0, 0.1) is 0 Å². The molecule has 2 aromatic rings. The first kappa shape index (κ1) is 16.5. The van der Waals surface area contributed by atoms with Crippen LogP contribution in [-0.4, -0.2) is 41.9 Å². The SMILES string of the molecule is CO[C@H](C(=O)N[C@H]1CCCN(c2cnn(C)c2)C1)c1ccccc1.